The van der Waals surface area contributed by atoms with E-state index in [2.05, 4.69) is 5.32 Å². The van der Waals surface area contributed by atoms with Crippen LogP contribution in [0.4, 0.5) is 13.2 Å². The Balaban J connectivity index is 1.80. The molecule has 1 aliphatic rings. The van der Waals surface area contributed by atoms with E-state index in [1.54, 1.807) is 32.9 Å². The Hall–Kier alpha value is -3.56. The molecule has 37 heavy (non-hydrogen) atoms. The second kappa shape index (κ2) is 11.2. The summed E-state index contributed by atoms with van der Waals surface area (Å²) in [4.78, 5) is 40.5. The lowest BCUT2D eigenvalue weighted by Crippen LogP contribution is -2.53. The summed E-state index contributed by atoms with van der Waals surface area (Å²) in [5, 5.41) is 14.8. The smallest absolute Gasteiger partial charge is 0.405 e. The highest BCUT2D eigenvalue weighted by atomic mass is 19.4. The molecule has 3 N–H and O–H groups in total. The van der Waals surface area contributed by atoms with Crippen molar-refractivity contribution in [1.82, 2.24) is 15.5 Å². The van der Waals surface area contributed by atoms with Gasteiger partial charge in [0.25, 0.3) is 5.91 Å². The van der Waals surface area contributed by atoms with E-state index in [1.165, 1.54) is 11.0 Å². The van der Waals surface area contributed by atoms with Gasteiger partial charge in [-0.3, -0.25) is 14.4 Å². The van der Waals surface area contributed by atoms with E-state index in [4.69, 9.17) is 0 Å². The van der Waals surface area contributed by atoms with E-state index < -0.39 is 47.9 Å². The van der Waals surface area contributed by atoms with Crippen molar-refractivity contribution in [3.8, 4) is 5.75 Å². The van der Waals surface area contributed by atoms with Crippen LogP contribution in [0.5, 0.6) is 5.75 Å². The molecule has 1 aliphatic heterocycles. The first kappa shape index (κ1) is 28.0. The first-order chi connectivity index (χ1) is 17.3. The minimum Gasteiger partial charge on any atom is -0.508 e. The van der Waals surface area contributed by atoms with Crippen LogP contribution in [0.3, 0.4) is 0 Å². The topological polar surface area (TPSA) is 98.7 Å². The lowest BCUT2D eigenvalue weighted by molar-refractivity contribution is -0.147. The second-order valence-corrected chi connectivity index (χ2v) is 10.1. The summed E-state index contributed by atoms with van der Waals surface area (Å²) in [7, 11) is 0. The van der Waals surface area contributed by atoms with Gasteiger partial charge in [0, 0.05) is 30.1 Å². The van der Waals surface area contributed by atoms with Gasteiger partial charge in [0.05, 0.1) is 0 Å². The molecule has 2 atom stereocenters. The number of hydrogen-bond acceptors (Lipinski definition) is 4. The Morgan fingerprint density at radius 2 is 1.78 bits per heavy atom. The molecule has 0 saturated carbocycles. The number of hydrogen-bond donors (Lipinski definition) is 3. The summed E-state index contributed by atoms with van der Waals surface area (Å²) in [6.45, 7) is 3.83. The Kier molecular flexibility index (Phi) is 8.50. The average molecular weight is 520 g/mol. The van der Waals surface area contributed by atoms with Crippen molar-refractivity contribution in [2.75, 3.05) is 13.1 Å². The molecule has 1 heterocycles. The summed E-state index contributed by atoms with van der Waals surface area (Å²) >= 11 is 0. The zero-order valence-electron chi connectivity index (χ0n) is 21.1. The van der Waals surface area contributed by atoms with Crippen LogP contribution in [0.25, 0.3) is 0 Å². The Morgan fingerprint density at radius 3 is 2.43 bits per heavy atom. The molecule has 2 aromatic rings. The van der Waals surface area contributed by atoms with Crippen LogP contribution in [0, 0.1) is 12.3 Å². The minimum atomic E-state index is -4.57. The van der Waals surface area contributed by atoms with Gasteiger partial charge in [-0.25, -0.2) is 0 Å². The van der Waals surface area contributed by atoms with Crippen molar-refractivity contribution in [3.05, 3.63) is 65.2 Å². The fourth-order valence-corrected chi connectivity index (χ4v) is 4.68. The van der Waals surface area contributed by atoms with E-state index in [9.17, 15) is 32.7 Å². The number of phenolic OH excluding ortho intramolecular Hbond substituents is 1. The number of nitrogens with one attached hydrogen (secondary N) is 2. The van der Waals surface area contributed by atoms with Gasteiger partial charge in [0.15, 0.2) is 0 Å². The Bertz CT molecular complexity index is 1140. The predicted octanol–water partition coefficient (Wildman–Crippen LogP) is 3.74. The molecule has 0 radical (unpaired) electrons. The van der Waals surface area contributed by atoms with Gasteiger partial charge in [-0.15, -0.1) is 0 Å². The van der Waals surface area contributed by atoms with Crippen molar-refractivity contribution < 1.29 is 32.7 Å². The lowest BCUT2D eigenvalue weighted by Gasteiger charge is -2.32. The molecular formula is C27H32F3N3O4. The van der Waals surface area contributed by atoms with Crippen LogP contribution in [0.1, 0.15) is 48.2 Å². The highest BCUT2D eigenvalue weighted by Gasteiger charge is 2.47. The number of benzene rings is 2. The predicted molar refractivity (Wildman–Crippen MR) is 132 cm³/mol. The fourth-order valence-electron chi connectivity index (χ4n) is 4.68. The quantitative estimate of drug-likeness (QED) is 0.495. The van der Waals surface area contributed by atoms with Crippen molar-refractivity contribution in [2.24, 2.45) is 5.41 Å². The number of rotatable bonds is 8. The summed E-state index contributed by atoms with van der Waals surface area (Å²) in [6.07, 6.45) is -3.96. The second-order valence-electron chi connectivity index (χ2n) is 10.1. The monoisotopic (exact) mass is 519 g/mol. The standard InChI is InChI=1S/C27H32F3N3O4/c1-17-20(10-7-11-21(17)34)24(36)32-19(14-18-8-5-4-6-9-18)15-22(35)33-13-12-26(2,3)23(33)25(37)31-16-27(28,29)30/h4-11,19,23,34H,12-16H2,1-3H3,(H,31,37)(H,32,36). The minimum absolute atomic E-state index is 0.0321. The highest BCUT2D eigenvalue weighted by molar-refractivity contribution is 5.97. The maximum Gasteiger partial charge on any atom is 0.405 e. The fraction of sp³-hybridized carbons (Fsp3) is 0.444. The zero-order chi connectivity index (χ0) is 27.4. The van der Waals surface area contributed by atoms with Crippen LogP contribution >= 0.6 is 0 Å². The van der Waals surface area contributed by atoms with Crippen LogP contribution in [-0.2, 0) is 16.0 Å². The molecule has 1 fully saturated rings. The van der Waals surface area contributed by atoms with Gasteiger partial charge in [0.1, 0.15) is 18.3 Å². The molecular weight excluding hydrogens is 487 g/mol. The zero-order valence-corrected chi connectivity index (χ0v) is 21.1. The van der Waals surface area contributed by atoms with Gasteiger partial charge in [-0.05, 0) is 42.9 Å². The summed E-state index contributed by atoms with van der Waals surface area (Å²) in [6, 6.07) is 12.1. The Labute approximate surface area is 214 Å². The normalized spacial score (nSPS) is 17.8. The number of likely N-dealkylation sites (tertiary alicyclic amines) is 1. The van der Waals surface area contributed by atoms with Gasteiger partial charge in [0.2, 0.25) is 11.8 Å². The lowest BCUT2D eigenvalue weighted by atomic mass is 9.84. The molecule has 0 spiro atoms. The first-order valence-corrected chi connectivity index (χ1v) is 12.1. The number of carbonyl (C=O) groups is 3. The van der Waals surface area contributed by atoms with E-state index in [-0.39, 0.29) is 24.3 Å². The van der Waals surface area contributed by atoms with E-state index in [1.807, 2.05) is 35.6 Å². The van der Waals surface area contributed by atoms with Crippen LogP contribution in [0.2, 0.25) is 0 Å². The molecule has 7 nitrogen and oxygen atoms in total. The van der Waals surface area contributed by atoms with Crippen LogP contribution in [0.15, 0.2) is 48.5 Å². The summed E-state index contributed by atoms with van der Waals surface area (Å²) < 4.78 is 38.1. The van der Waals surface area contributed by atoms with Crippen LogP contribution < -0.4 is 10.6 Å². The number of halogens is 3. The Morgan fingerprint density at radius 1 is 1.11 bits per heavy atom. The SMILES string of the molecule is Cc1c(O)cccc1C(=O)NC(CC(=O)N1CCC(C)(C)C1C(=O)NCC(F)(F)F)Cc1ccccc1. The van der Waals surface area contributed by atoms with Crippen LogP contribution in [-0.4, -0.2) is 59.1 Å². The van der Waals surface area contributed by atoms with E-state index >= 15 is 0 Å². The molecule has 0 aromatic heterocycles. The number of phenols is 1. The number of carbonyl (C=O) groups excluding carboxylic acids is 3. The van der Waals surface area contributed by atoms with Gasteiger partial charge in [-0.2, -0.15) is 13.2 Å². The average Bonchev–Trinajstić information content (AvgIpc) is 3.14. The van der Waals surface area contributed by atoms with Gasteiger partial charge < -0.3 is 20.6 Å². The highest BCUT2D eigenvalue weighted by Crippen LogP contribution is 2.37. The molecule has 2 unspecified atom stereocenters. The van der Waals surface area contributed by atoms with Crippen molar-refractivity contribution in [1.29, 1.82) is 0 Å². The summed E-state index contributed by atoms with van der Waals surface area (Å²) in [5.41, 5.74) is 0.807. The molecule has 10 heteroatoms. The largest absolute Gasteiger partial charge is 0.508 e. The van der Waals surface area contributed by atoms with Gasteiger partial charge >= 0.3 is 6.18 Å². The first-order valence-electron chi connectivity index (χ1n) is 12.1. The van der Waals surface area contributed by atoms with E-state index in [0.29, 0.717) is 18.4 Å². The molecule has 0 aliphatic carbocycles. The van der Waals surface area contributed by atoms with Crippen molar-refractivity contribution in [2.45, 2.75) is 58.3 Å². The molecule has 200 valence electrons. The number of nitrogens with zero attached hydrogens (tertiary/aromatic N) is 1. The third kappa shape index (κ3) is 7.24. The van der Waals surface area contributed by atoms with Gasteiger partial charge in [-0.1, -0.05) is 50.2 Å². The van der Waals surface area contributed by atoms with Crippen molar-refractivity contribution >= 4 is 17.7 Å². The molecule has 1 saturated heterocycles. The number of aromatic hydroxyl groups is 1. The maximum atomic E-state index is 13.4. The number of amides is 3. The van der Waals surface area contributed by atoms with Crippen molar-refractivity contribution in [3.63, 3.8) is 0 Å². The third-order valence-corrected chi connectivity index (χ3v) is 6.71. The van der Waals surface area contributed by atoms with E-state index in [0.717, 1.165) is 5.56 Å². The molecule has 0 bridgehead atoms. The third-order valence-electron chi connectivity index (χ3n) is 6.71. The molecule has 3 rings (SSSR count). The maximum absolute atomic E-state index is 13.4. The molecule has 3 amide bonds. The molecule has 2 aromatic carbocycles. The summed E-state index contributed by atoms with van der Waals surface area (Å²) in [5.74, 6) is -1.79. The number of alkyl halides is 3.